The maximum Gasteiger partial charge on any atom is 0.337 e. The molecule has 1 unspecified atom stereocenters. The molecule has 0 saturated heterocycles. The van der Waals surface area contributed by atoms with Gasteiger partial charge in [0.15, 0.2) is 0 Å². The van der Waals surface area contributed by atoms with Crippen LogP contribution in [0.5, 0.6) is 5.75 Å². The first-order chi connectivity index (χ1) is 14.7. The van der Waals surface area contributed by atoms with Gasteiger partial charge in [0.05, 0.1) is 25.7 Å². The van der Waals surface area contributed by atoms with Gasteiger partial charge in [0.25, 0.3) is 0 Å². The van der Waals surface area contributed by atoms with E-state index in [1.54, 1.807) is 26.2 Å². The Balaban J connectivity index is 2.04. The van der Waals surface area contributed by atoms with E-state index in [1.165, 1.54) is 7.11 Å². The Hall–Kier alpha value is -3.28. The number of fused-ring (bicyclic) bond motifs is 1. The van der Waals surface area contributed by atoms with Crippen LogP contribution < -0.4 is 4.74 Å². The molecule has 0 aliphatic carbocycles. The van der Waals surface area contributed by atoms with Gasteiger partial charge in [0.2, 0.25) is 0 Å². The summed E-state index contributed by atoms with van der Waals surface area (Å²) in [6.45, 7) is 5.99. The smallest absolute Gasteiger partial charge is 0.337 e. The molecule has 3 aromatic rings. The highest BCUT2D eigenvalue weighted by atomic mass is 16.5. The van der Waals surface area contributed by atoms with E-state index in [0.29, 0.717) is 24.2 Å². The summed E-state index contributed by atoms with van der Waals surface area (Å²) in [5.74, 6) is -1.02. The van der Waals surface area contributed by atoms with Crippen LogP contribution >= 0.6 is 0 Å². The number of methoxy groups -OCH3 is 2. The van der Waals surface area contributed by atoms with Crippen LogP contribution in [-0.2, 0) is 22.4 Å². The van der Waals surface area contributed by atoms with Crippen molar-refractivity contribution in [2.24, 2.45) is 5.92 Å². The Morgan fingerprint density at radius 3 is 2.39 bits per heavy atom. The van der Waals surface area contributed by atoms with Crippen LogP contribution in [0.15, 0.2) is 42.6 Å². The average molecular weight is 424 g/mol. The minimum absolute atomic E-state index is 0.281. The molecule has 164 valence electrons. The molecule has 6 nitrogen and oxygen atoms in total. The zero-order valence-corrected chi connectivity index (χ0v) is 18.6. The lowest BCUT2D eigenvalue weighted by atomic mass is 9.97. The van der Waals surface area contributed by atoms with Crippen molar-refractivity contribution in [3.8, 4) is 5.75 Å². The van der Waals surface area contributed by atoms with Crippen molar-refractivity contribution in [3.63, 3.8) is 0 Å². The van der Waals surface area contributed by atoms with Crippen molar-refractivity contribution in [2.75, 3.05) is 14.2 Å². The van der Waals surface area contributed by atoms with Crippen LogP contribution in [0, 0.1) is 5.92 Å². The Kier molecular flexibility index (Phi) is 6.68. The second-order valence-electron chi connectivity index (χ2n) is 8.15. The Labute approximate surface area is 182 Å². The van der Waals surface area contributed by atoms with E-state index in [1.807, 2.05) is 12.1 Å². The zero-order chi connectivity index (χ0) is 22.7. The minimum atomic E-state index is -0.796. The topological polar surface area (TPSA) is 77.8 Å². The maximum atomic E-state index is 11.9. The first kappa shape index (κ1) is 22.4. The predicted molar refractivity (Wildman–Crippen MR) is 120 cm³/mol. The molecule has 1 heterocycles. The quantitative estimate of drug-likeness (QED) is 0.523. The van der Waals surface area contributed by atoms with Crippen molar-refractivity contribution >= 4 is 22.8 Å². The Morgan fingerprint density at radius 1 is 1.03 bits per heavy atom. The lowest BCUT2D eigenvalue weighted by molar-refractivity contribution is -0.141. The molecule has 6 heteroatoms. The number of carbonyl (C=O) groups is 2. The van der Waals surface area contributed by atoms with E-state index in [2.05, 4.69) is 36.7 Å². The number of aliphatic carboxylic acids is 1. The molecule has 0 spiro atoms. The fourth-order valence-electron chi connectivity index (χ4n) is 3.85. The van der Waals surface area contributed by atoms with Gasteiger partial charge in [-0.15, -0.1) is 0 Å². The van der Waals surface area contributed by atoms with E-state index in [9.17, 15) is 14.7 Å². The molecular formula is C25H29NO5. The molecule has 1 N–H and O–H groups in total. The summed E-state index contributed by atoms with van der Waals surface area (Å²) in [6.07, 6.45) is 3.25. The van der Waals surface area contributed by atoms with Gasteiger partial charge >= 0.3 is 11.9 Å². The molecule has 31 heavy (non-hydrogen) atoms. The van der Waals surface area contributed by atoms with Gasteiger partial charge in [-0.25, -0.2) is 4.79 Å². The lowest BCUT2D eigenvalue weighted by Gasteiger charge is -2.11. The van der Waals surface area contributed by atoms with Crippen molar-refractivity contribution in [1.29, 1.82) is 0 Å². The van der Waals surface area contributed by atoms with Gasteiger partial charge in [-0.1, -0.05) is 19.1 Å². The number of esters is 1. The van der Waals surface area contributed by atoms with Crippen molar-refractivity contribution in [3.05, 3.63) is 64.8 Å². The molecular weight excluding hydrogens is 394 g/mol. The van der Waals surface area contributed by atoms with Gasteiger partial charge in [-0.2, -0.15) is 0 Å². The van der Waals surface area contributed by atoms with Gasteiger partial charge in [-0.3, -0.25) is 4.79 Å². The number of carboxylic acids is 1. The molecule has 0 aliphatic heterocycles. The van der Waals surface area contributed by atoms with Gasteiger partial charge in [0, 0.05) is 29.6 Å². The summed E-state index contributed by atoms with van der Waals surface area (Å²) >= 11 is 0. The average Bonchev–Trinajstić information content (AvgIpc) is 3.11. The number of rotatable bonds is 8. The van der Waals surface area contributed by atoms with Crippen molar-refractivity contribution in [1.82, 2.24) is 4.57 Å². The highest BCUT2D eigenvalue weighted by Gasteiger charge is 2.17. The second-order valence-corrected chi connectivity index (χ2v) is 8.15. The van der Waals surface area contributed by atoms with Crippen LogP contribution in [0.2, 0.25) is 0 Å². The fraction of sp³-hybridized carbons (Fsp3) is 0.360. The highest BCUT2D eigenvalue weighted by molar-refractivity contribution is 5.90. The third-order valence-electron chi connectivity index (χ3n) is 5.59. The number of hydrogen-bond donors (Lipinski definition) is 1. The third-order valence-corrected chi connectivity index (χ3v) is 5.59. The van der Waals surface area contributed by atoms with Crippen LogP contribution in [0.4, 0.5) is 0 Å². The number of ether oxygens (including phenoxy) is 2. The van der Waals surface area contributed by atoms with Gasteiger partial charge < -0.3 is 19.1 Å². The predicted octanol–water partition coefficient (Wildman–Crippen LogP) is 4.87. The molecule has 0 bridgehead atoms. The number of carboxylic acid groups (broad SMARTS) is 1. The molecule has 0 saturated carbocycles. The largest absolute Gasteiger partial charge is 0.496 e. The SMILES string of the molecule is COC(=O)c1ccc(Cc2cn(C(C)C)c3ccc(CC(C)C(=O)O)cc23)c(OC)c1. The lowest BCUT2D eigenvalue weighted by Crippen LogP contribution is -2.12. The van der Waals surface area contributed by atoms with Crippen LogP contribution in [0.1, 0.15) is 53.9 Å². The van der Waals surface area contributed by atoms with Crippen LogP contribution in [0.3, 0.4) is 0 Å². The summed E-state index contributed by atoms with van der Waals surface area (Å²) in [6, 6.07) is 11.8. The molecule has 0 radical (unpaired) electrons. The van der Waals surface area contributed by atoms with Crippen molar-refractivity contribution < 1.29 is 24.2 Å². The van der Waals surface area contributed by atoms with Crippen molar-refractivity contribution in [2.45, 2.75) is 39.7 Å². The summed E-state index contributed by atoms with van der Waals surface area (Å²) in [7, 11) is 2.94. The molecule has 1 aromatic heterocycles. The van der Waals surface area contributed by atoms with E-state index in [0.717, 1.165) is 27.6 Å². The van der Waals surface area contributed by atoms with Gasteiger partial charge in [-0.05, 0) is 61.2 Å². The molecule has 3 rings (SSSR count). The number of hydrogen-bond acceptors (Lipinski definition) is 4. The molecule has 1 atom stereocenters. The first-order valence-corrected chi connectivity index (χ1v) is 10.4. The molecule has 0 fully saturated rings. The van der Waals surface area contributed by atoms with Crippen LogP contribution in [0.25, 0.3) is 10.9 Å². The van der Waals surface area contributed by atoms with Crippen LogP contribution in [-0.4, -0.2) is 35.8 Å². The number of benzene rings is 2. The van der Waals surface area contributed by atoms with E-state index < -0.39 is 17.9 Å². The number of carbonyl (C=O) groups excluding carboxylic acids is 1. The summed E-state index contributed by atoms with van der Waals surface area (Å²) in [5.41, 5.74) is 4.64. The molecule has 2 aromatic carbocycles. The van der Waals surface area contributed by atoms with Gasteiger partial charge in [0.1, 0.15) is 5.75 Å². The summed E-state index contributed by atoms with van der Waals surface area (Å²) in [5, 5.41) is 10.4. The minimum Gasteiger partial charge on any atom is -0.496 e. The third kappa shape index (κ3) is 4.74. The monoisotopic (exact) mass is 423 g/mol. The second kappa shape index (κ2) is 9.25. The van der Waals surface area contributed by atoms with E-state index in [4.69, 9.17) is 9.47 Å². The Morgan fingerprint density at radius 2 is 1.77 bits per heavy atom. The normalized spacial score (nSPS) is 12.2. The highest BCUT2D eigenvalue weighted by Crippen LogP contribution is 2.31. The van der Waals surface area contributed by atoms with E-state index in [-0.39, 0.29) is 6.04 Å². The zero-order valence-electron chi connectivity index (χ0n) is 18.6. The summed E-state index contributed by atoms with van der Waals surface area (Å²) in [4.78, 5) is 23.1. The Bertz CT molecular complexity index is 1110. The maximum absolute atomic E-state index is 11.9. The molecule has 0 aliphatic rings. The fourth-order valence-corrected chi connectivity index (χ4v) is 3.85. The first-order valence-electron chi connectivity index (χ1n) is 10.4. The summed E-state index contributed by atoms with van der Waals surface area (Å²) < 4.78 is 12.6. The standard InChI is InChI=1S/C25H29NO5/c1-15(2)26-14-20(12-18-7-8-19(25(29)31-5)13-23(18)30-4)21-11-17(6-9-22(21)26)10-16(3)24(27)28/h6-9,11,13-16H,10,12H2,1-5H3,(H,27,28). The van der Waals surface area contributed by atoms with E-state index >= 15 is 0 Å². The molecule has 0 amide bonds. The number of nitrogens with zero attached hydrogens (tertiary/aromatic N) is 1. The number of aromatic nitrogens is 1.